The SMILES string of the molecule is O=C(NCC1CC(O)CN1Cc1ccccc1)C1CCCCCC1. The summed E-state index contributed by atoms with van der Waals surface area (Å²) in [5.41, 5.74) is 1.26. The molecule has 1 aliphatic carbocycles. The van der Waals surface area contributed by atoms with Crippen molar-refractivity contribution in [1.29, 1.82) is 0 Å². The Morgan fingerprint density at radius 2 is 1.83 bits per heavy atom. The van der Waals surface area contributed by atoms with Crippen LogP contribution in [0.25, 0.3) is 0 Å². The minimum atomic E-state index is -0.284. The Labute approximate surface area is 145 Å². The Morgan fingerprint density at radius 1 is 1.12 bits per heavy atom. The lowest BCUT2D eigenvalue weighted by molar-refractivity contribution is -0.125. The van der Waals surface area contributed by atoms with E-state index in [0.717, 1.165) is 25.8 Å². The van der Waals surface area contributed by atoms with E-state index in [0.29, 0.717) is 13.1 Å². The van der Waals surface area contributed by atoms with Gasteiger partial charge >= 0.3 is 0 Å². The summed E-state index contributed by atoms with van der Waals surface area (Å²) in [6, 6.07) is 10.6. The van der Waals surface area contributed by atoms with Crippen LogP contribution >= 0.6 is 0 Å². The van der Waals surface area contributed by atoms with Crippen LogP contribution in [-0.2, 0) is 11.3 Å². The van der Waals surface area contributed by atoms with E-state index >= 15 is 0 Å². The molecule has 3 rings (SSSR count). The lowest BCUT2D eigenvalue weighted by atomic mass is 9.99. The zero-order valence-electron chi connectivity index (χ0n) is 14.5. The van der Waals surface area contributed by atoms with Crippen LogP contribution in [0, 0.1) is 5.92 Å². The molecule has 1 aliphatic heterocycles. The quantitative estimate of drug-likeness (QED) is 0.816. The predicted octanol–water partition coefficient (Wildman–Crippen LogP) is 2.71. The van der Waals surface area contributed by atoms with Gasteiger partial charge in [-0.1, -0.05) is 56.0 Å². The topological polar surface area (TPSA) is 52.6 Å². The largest absolute Gasteiger partial charge is 0.392 e. The molecule has 2 unspecified atom stereocenters. The summed E-state index contributed by atoms with van der Waals surface area (Å²) in [6.07, 6.45) is 7.43. The molecule has 1 saturated carbocycles. The summed E-state index contributed by atoms with van der Waals surface area (Å²) in [7, 11) is 0. The molecule has 4 nitrogen and oxygen atoms in total. The second-order valence-corrected chi connectivity index (χ2v) is 7.39. The van der Waals surface area contributed by atoms with Crippen molar-refractivity contribution in [3.63, 3.8) is 0 Å². The van der Waals surface area contributed by atoms with Crippen LogP contribution in [-0.4, -0.2) is 41.1 Å². The second-order valence-electron chi connectivity index (χ2n) is 7.39. The zero-order valence-corrected chi connectivity index (χ0v) is 14.5. The highest BCUT2D eigenvalue weighted by atomic mass is 16.3. The fourth-order valence-corrected chi connectivity index (χ4v) is 4.09. The smallest absolute Gasteiger partial charge is 0.223 e. The van der Waals surface area contributed by atoms with E-state index in [1.54, 1.807) is 0 Å². The first kappa shape index (κ1) is 17.4. The van der Waals surface area contributed by atoms with Crippen LogP contribution in [0.2, 0.25) is 0 Å². The van der Waals surface area contributed by atoms with Gasteiger partial charge in [0, 0.05) is 31.6 Å². The Hall–Kier alpha value is -1.39. The molecule has 1 aromatic carbocycles. The van der Waals surface area contributed by atoms with Crippen molar-refractivity contribution in [2.45, 2.75) is 63.6 Å². The third kappa shape index (κ3) is 4.81. The molecule has 2 atom stereocenters. The molecular weight excluding hydrogens is 300 g/mol. The highest BCUT2D eigenvalue weighted by Gasteiger charge is 2.31. The van der Waals surface area contributed by atoms with Crippen molar-refractivity contribution >= 4 is 5.91 Å². The summed E-state index contributed by atoms with van der Waals surface area (Å²) in [6.45, 7) is 2.18. The van der Waals surface area contributed by atoms with Crippen LogP contribution in [0.5, 0.6) is 0 Å². The number of carbonyl (C=O) groups excluding carboxylic acids is 1. The maximum Gasteiger partial charge on any atom is 0.223 e. The molecule has 2 aliphatic rings. The van der Waals surface area contributed by atoms with Crippen molar-refractivity contribution in [2.24, 2.45) is 5.92 Å². The fourth-order valence-electron chi connectivity index (χ4n) is 4.09. The highest BCUT2D eigenvalue weighted by Crippen LogP contribution is 2.24. The molecule has 0 aromatic heterocycles. The number of amides is 1. The van der Waals surface area contributed by atoms with Crippen LogP contribution in [0.1, 0.15) is 50.5 Å². The number of hydrogen-bond acceptors (Lipinski definition) is 3. The van der Waals surface area contributed by atoms with Gasteiger partial charge in [0.1, 0.15) is 0 Å². The van der Waals surface area contributed by atoms with Gasteiger partial charge in [-0.3, -0.25) is 9.69 Å². The minimum Gasteiger partial charge on any atom is -0.392 e. The van der Waals surface area contributed by atoms with Crippen molar-refractivity contribution in [3.05, 3.63) is 35.9 Å². The van der Waals surface area contributed by atoms with E-state index in [1.165, 1.54) is 31.2 Å². The average molecular weight is 330 g/mol. The number of nitrogens with one attached hydrogen (secondary N) is 1. The molecular formula is C20H30N2O2. The lowest BCUT2D eigenvalue weighted by Crippen LogP contribution is -2.41. The molecule has 0 radical (unpaired) electrons. The van der Waals surface area contributed by atoms with Gasteiger partial charge in [-0.2, -0.15) is 0 Å². The Morgan fingerprint density at radius 3 is 2.54 bits per heavy atom. The molecule has 132 valence electrons. The highest BCUT2D eigenvalue weighted by molar-refractivity contribution is 5.78. The van der Waals surface area contributed by atoms with Crippen molar-refractivity contribution < 1.29 is 9.90 Å². The summed E-state index contributed by atoms with van der Waals surface area (Å²) in [5.74, 6) is 0.416. The van der Waals surface area contributed by atoms with Crippen LogP contribution in [0.4, 0.5) is 0 Å². The zero-order chi connectivity index (χ0) is 16.8. The number of aliphatic hydroxyl groups excluding tert-OH is 1. The van der Waals surface area contributed by atoms with Gasteiger partial charge in [0.25, 0.3) is 0 Å². The maximum atomic E-state index is 12.5. The maximum absolute atomic E-state index is 12.5. The minimum absolute atomic E-state index is 0.196. The van der Waals surface area contributed by atoms with Gasteiger partial charge in [-0.05, 0) is 24.8 Å². The average Bonchev–Trinajstić information content (AvgIpc) is 2.79. The molecule has 1 aromatic rings. The van der Waals surface area contributed by atoms with Crippen molar-refractivity contribution in [2.75, 3.05) is 13.1 Å². The van der Waals surface area contributed by atoms with Crippen LogP contribution in [0.15, 0.2) is 30.3 Å². The molecule has 2 N–H and O–H groups in total. The molecule has 1 heterocycles. The van der Waals surface area contributed by atoms with Gasteiger partial charge in [0.05, 0.1) is 6.10 Å². The fraction of sp³-hybridized carbons (Fsp3) is 0.650. The third-order valence-electron chi connectivity index (χ3n) is 5.47. The first-order valence-electron chi connectivity index (χ1n) is 9.46. The summed E-state index contributed by atoms with van der Waals surface area (Å²) in [5, 5.41) is 13.2. The number of β-amino-alcohol motifs (C(OH)–C–C–N with tert-alkyl or cyclic N) is 1. The van der Waals surface area contributed by atoms with Gasteiger partial charge in [-0.25, -0.2) is 0 Å². The Balaban J connectivity index is 1.51. The second kappa shape index (κ2) is 8.63. The molecule has 1 saturated heterocycles. The molecule has 1 amide bonds. The summed E-state index contributed by atoms with van der Waals surface area (Å²) < 4.78 is 0. The van der Waals surface area contributed by atoms with Crippen molar-refractivity contribution in [3.8, 4) is 0 Å². The molecule has 24 heavy (non-hydrogen) atoms. The molecule has 0 bridgehead atoms. The van der Waals surface area contributed by atoms with Gasteiger partial charge in [0.2, 0.25) is 5.91 Å². The van der Waals surface area contributed by atoms with Crippen LogP contribution < -0.4 is 5.32 Å². The van der Waals surface area contributed by atoms with Crippen molar-refractivity contribution in [1.82, 2.24) is 10.2 Å². The van der Waals surface area contributed by atoms with Gasteiger partial charge in [0.15, 0.2) is 0 Å². The van der Waals surface area contributed by atoms with Gasteiger partial charge in [-0.15, -0.1) is 0 Å². The Kier molecular flexibility index (Phi) is 6.27. The number of rotatable bonds is 5. The predicted molar refractivity (Wildman–Crippen MR) is 95.5 cm³/mol. The van der Waals surface area contributed by atoms with Gasteiger partial charge < -0.3 is 10.4 Å². The normalized spacial score (nSPS) is 26.2. The van der Waals surface area contributed by atoms with E-state index in [1.807, 2.05) is 18.2 Å². The summed E-state index contributed by atoms with van der Waals surface area (Å²) in [4.78, 5) is 14.8. The summed E-state index contributed by atoms with van der Waals surface area (Å²) >= 11 is 0. The Bertz CT molecular complexity index is 512. The number of aliphatic hydroxyl groups is 1. The molecule has 4 heteroatoms. The van der Waals surface area contributed by atoms with E-state index in [-0.39, 0.29) is 24.0 Å². The first-order chi connectivity index (χ1) is 11.7. The van der Waals surface area contributed by atoms with E-state index in [9.17, 15) is 9.90 Å². The van der Waals surface area contributed by atoms with E-state index in [4.69, 9.17) is 0 Å². The van der Waals surface area contributed by atoms with E-state index in [2.05, 4.69) is 22.3 Å². The number of carbonyl (C=O) groups is 1. The number of benzene rings is 1. The number of nitrogens with zero attached hydrogens (tertiary/aromatic N) is 1. The number of likely N-dealkylation sites (tertiary alicyclic amines) is 1. The monoisotopic (exact) mass is 330 g/mol. The molecule has 0 spiro atoms. The first-order valence-corrected chi connectivity index (χ1v) is 9.46. The van der Waals surface area contributed by atoms with E-state index < -0.39 is 0 Å². The van der Waals surface area contributed by atoms with Crippen LogP contribution in [0.3, 0.4) is 0 Å². The molecule has 2 fully saturated rings. The lowest BCUT2D eigenvalue weighted by Gasteiger charge is -2.25. The standard InChI is InChI=1S/C20H30N2O2/c23-19-12-18(22(15-19)14-16-8-4-3-5-9-16)13-21-20(24)17-10-6-1-2-7-11-17/h3-5,8-9,17-19,23H,1-2,6-7,10-15H2,(H,21,24). The third-order valence-corrected chi connectivity index (χ3v) is 5.47. The number of hydrogen-bond donors (Lipinski definition) is 2.